The van der Waals surface area contributed by atoms with Crippen molar-refractivity contribution in [2.75, 3.05) is 6.61 Å². The van der Waals surface area contributed by atoms with Crippen LogP contribution < -0.4 is 9.47 Å². The Morgan fingerprint density at radius 1 is 1.00 bits per heavy atom. The standard InChI is InChI=1S/C19H23FO4/c1-4-14-21-18-13-9-8-12-17(18)19(24-20,22-15(2)3)23-16-10-6-5-7-11-16/h5-13,15H,4,14H2,1-3H3. The van der Waals surface area contributed by atoms with Gasteiger partial charge in [-0.15, -0.1) is 4.94 Å². The average Bonchev–Trinajstić information content (AvgIpc) is 2.60. The summed E-state index contributed by atoms with van der Waals surface area (Å²) in [4.78, 5) is 4.23. The van der Waals surface area contributed by atoms with Crippen molar-refractivity contribution in [3.8, 4) is 11.5 Å². The maximum atomic E-state index is 13.7. The molecule has 0 aliphatic carbocycles. The van der Waals surface area contributed by atoms with Crippen LogP contribution in [0.3, 0.4) is 0 Å². The van der Waals surface area contributed by atoms with Gasteiger partial charge in [0.05, 0.1) is 18.3 Å². The lowest BCUT2D eigenvalue weighted by Gasteiger charge is -2.32. The molecule has 0 radical (unpaired) electrons. The first-order chi connectivity index (χ1) is 11.6. The quantitative estimate of drug-likeness (QED) is 0.605. The van der Waals surface area contributed by atoms with Crippen LogP contribution in [0, 0.1) is 0 Å². The highest BCUT2D eigenvalue weighted by Crippen LogP contribution is 2.38. The van der Waals surface area contributed by atoms with Crippen molar-refractivity contribution in [1.82, 2.24) is 0 Å². The zero-order chi connectivity index (χ0) is 17.4. The third-order valence-corrected chi connectivity index (χ3v) is 3.17. The van der Waals surface area contributed by atoms with Crippen LogP contribution in [0.25, 0.3) is 0 Å². The van der Waals surface area contributed by atoms with E-state index in [1.165, 1.54) is 0 Å². The normalized spacial score (nSPS) is 13.5. The number of rotatable bonds is 9. The molecule has 2 aromatic rings. The molecule has 0 N–H and O–H groups in total. The zero-order valence-electron chi connectivity index (χ0n) is 14.2. The Hall–Kier alpha value is -2.11. The summed E-state index contributed by atoms with van der Waals surface area (Å²) < 4.78 is 30.9. The largest absolute Gasteiger partial charge is 0.493 e. The van der Waals surface area contributed by atoms with Gasteiger partial charge in [0.1, 0.15) is 11.5 Å². The highest BCUT2D eigenvalue weighted by molar-refractivity contribution is 5.37. The molecule has 2 rings (SSSR count). The topological polar surface area (TPSA) is 36.9 Å². The summed E-state index contributed by atoms with van der Waals surface area (Å²) in [7, 11) is 0. The minimum Gasteiger partial charge on any atom is -0.493 e. The minimum atomic E-state index is -2.04. The Bertz CT molecular complexity index is 618. The molecule has 0 saturated heterocycles. The van der Waals surface area contributed by atoms with E-state index < -0.39 is 5.97 Å². The van der Waals surface area contributed by atoms with Crippen LogP contribution in [-0.2, 0) is 15.7 Å². The predicted molar refractivity (Wildman–Crippen MR) is 89.4 cm³/mol. The Morgan fingerprint density at radius 2 is 1.67 bits per heavy atom. The summed E-state index contributed by atoms with van der Waals surface area (Å²) in [6.45, 7) is 6.04. The summed E-state index contributed by atoms with van der Waals surface area (Å²) in [5.41, 5.74) is 0.332. The molecular formula is C19H23FO4. The van der Waals surface area contributed by atoms with Crippen LogP contribution in [0.1, 0.15) is 32.8 Å². The average molecular weight is 334 g/mol. The molecule has 0 saturated carbocycles. The molecule has 0 fully saturated rings. The van der Waals surface area contributed by atoms with Gasteiger partial charge in [0.25, 0.3) is 0 Å². The molecule has 1 atom stereocenters. The van der Waals surface area contributed by atoms with Crippen LogP contribution in [-0.4, -0.2) is 12.7 Å². The smallest absolute Gasteiger partial charge is 0.392 e. The number of hydrogen-bond acceptors (Lipinski definition) is 4. The highest BCUT2D eigenvalue weighted by atomic mass is 19.3. The van der Waals surface area contributed by atoms with E-state index >= 15 is 0 Å². The maximum absolute atomic E-state index is 13.7. The molecule has 0 aliphatic rings. The molecule has 130 valence electrons. The first-order valence-electron chi connectivity index (χ1n) is 8.05. The number of para-hydroxylation sites is 2. The molecule has 0 amide bonds. The van der Waals surface area contributed by atoms with E-state index in [0.29, 0.717) is 23.7 Å². The van der Waals surface area contributed by atoms with Gasteiger partial charge < -0.3 is 14.2 Å². The van der Waals surface area contributed by atoms with Crippen LogP contribution in [0.2, 0.25) is 0 Å². The zero-order valence-corrected chi connectivity index (χ0v) is 14.2. The van der Waals surface area contributed by atoms with E-state index in [1.54, 1.807) is 62.4 Å². The van der Waals surface area contributed by atoms with Gasteiger partial charge >= 0.3 is 5.97 Å². The summed E-state index contributed by atoms with van der Waals surface area (Å²) >= 11 is 0. The molecule has 0 aliphatic heterocycles. The molecule has 1 unspecified atom stereocenters. The summed E-state index contributed by atoms with van der Waals surface area (Å²) in [6.07, 6.45) is 0.478. The van der Waals surface area contributed by atoms with Crippen LogP contribution >= 0.6 is 0 Å². The second-order valence-corrected chi connectivity index (χ2v) is 5.56. The Labute approximate surface area is 142 Å². The summed E-state index contributed by atoms with van der Waals surface area (Å²) in [5, 5.41) is 0. The van der Waals surface area contributed by atoms with Gasteiger partial charge in [0.15, 0.2) is 0 Å². The first-order valence-corrected chi connectivity index (χ1v) is 8.05. The number of hydrogen-bond donors (Lipinski definition) is 0. The van der Waals surface area contributed by atoms with Gasteiger partial charge in [-0.3, -0.25) is 0 Å². The van der Waals surface area contributed by atoms with Gasteiger partial charge in [-0.1, -0.05) is 37.3 Å². The van der Waals surface area contributed by atoms with E-state index in [-0.39, 0.29) is 6.10 Å². The molecular weight excluding hydrogens is 311 g/mol. The van der Waals surface area contributed by atoms with Gasteiger partial charge in [-0.2, -0.15) is 0 Å². The van der Waals surface area contributed by atoms with Gasteiger partial charge in [-0.25, -0.2) is 0 Å². The maximum Gasteiger partial charge on any atom is 0.392 e. The van der Waals surface area contributed by atoms with E-state index in [4.69, 9.17) is 14.2 Å². The van der Waals surface area contributed by atoms with Crippen LogP contribution in [0.5, 0.6) is 11.5 Å². The first kappa shape index (κ1) is 18.2. The molecule has 0 heterocycles. The molecule has 2 aromatic carbocycles. The SMILES string of the molecule is CCCOc1ccccc1C(OF)(Oc1ccccc1)OC(C)C. The minimum absolute atomic E-state index is 0.332. The summed E-state index contributed by atoms with van der Waals surface area (Å²) in [6, 6.07) is 15.8. The Kier molecular flexibility index (Phi) is 6.58. The lowest BCUT2D eigenvalue weighted by atomic mass is 10.1. The lowest BCUT2D eigenvalue weighted by molar-refractivity contribution is -0.444. The number of benzene rings is 2. The molecule has 0 bridgehead atoms. The van der Waals surface area contributed by atoms with Crippen LogP contribution in [0.15, 0.2) is 54.6 Å². The molecule has 0 spiro atoms. The molecule has 5 heteroatoms. The van der Waals surface area contributed by atoms with E-state index in [2.05, 4.69) is 4.94 Å². The molecule has 0 aromatic heterocycles. The van der Waals surface area contributed by atoms with Crippen molar-refractivity contribution in [3.63, 3.8) is 0 Å². The third-order valence-electron chi connectivity index (χ3n) is 3.17. The van der Waals surface area contributed by atoms with Crippen molar-refractivity contribution in [2.24, 2.45) is 0 Å². The third kappa shape index (κ3) is 4.46. The predicted octanol–water partition coefficient (Wildman–Crippen LogP) is 4.99. The molecule has 4 nitrogen and oxygen atoms in total. The summed E-state index contributed by atoms with van der Waals surface area (Å²) in [5.74, 6) is -1.17. The van der Waals surface area contributed by atoms with E-state index in [0.717, 1.165) is 6.42 Å². The Balaban J connectivity index is 2.45. The number of ether oxygens (including phenoxy) is 3. The lowest BCUT2D eigenvalue weighted by Crippen LogP contribution is -2.40. The van der Waals surface area contributed by atoms with Gasteiger partial charge in [-0.05, 0) is 49.1 Å². The second-order valence-electron chi connectivity index (χ2n) is 5.56. The van der Waals surface area contributed by atoms with Crippen LogP contribution in [0.4, 0.5) is 4.53 Å². The fourth-order valence-electron chi connectivity index (χ4n) is 2.23. The monoisotopic (exact) mass is 334 g/mol. The van der Waals surface area contributed by atoms with Crippen molar-refractivity contribution in [2.45, 2.75) is 39.3 Å². The van der Waals surface area contributed by atoms with Crippen molar-refractivity contribution in [1.29, 1.82) is 0 Å². The highest BCUT2D eigenvalue weighted by Gasteiger charge is 2.43. The van der Waals surface area contributed by atoms with Gasteiger partial charge in [0, 0.05) is 0 Å². The van der Waals surface area contributed by atoms with E-state index in [1.807, 2.05) is 13.0 Å². The fourth-order valence-corrected chi connectivity index (χ4v) is 2.23. The van der Waals surface area contributed by atoms with E-state index in [9.17, 15) is 4.53 Å². The fraction of sp³-hybridized carbons (Fsp3) is 0.368. The van der Waals surface area contributed by atoms with Gasteiger partial charge in [0.2, 0.25) is 0 Å². The number of halogens is 1. The Morgan fingerprint density at radius 3 is 2.29 bits per heavy atom. The molecule has 24 heavy (non-hydrogen) atoms. The van der Waals surface area contributed by atoms with Crippen molar-refractivity contribution >= 4 is 0 Å². The second kappa shape index (κ2) is 8.66. The van der Waals surface area contributed by atoms with Crippen molar-refractivity contribution < 1.29 is 23.7 Å². The van der Waals surface area contributed by atoms with Crippen molar-refractivity contribution in [3.05, 3.63) is 60.2 Å².